The molecule has 25 heavy (non-hydrogen) atoms. The predicted octanol–water partition coefficient (Wildman–Crippen LogP) is 4.43. The first-order chi connectivity index (χ1) is 12.1. The van der Waals surface area contributed by atoms with E-state index in [1.807, 2.05) is 30.3 Å². The van der Waals surface area contributed by atoms with Gasteiger partial charge in [-0.2, -0.15) is 0 Å². The summed E-state index contributed by atoms with van der Waals surface area (Å²) in [6.07, 6.45) is 1.42. The van der Waals surface area contributed by atoms with Gasteiger partial charge in [0.25, 0.3) is 5.91 Å². The number of rotatable bonds is 6. The first kappa shape index (κ1) is 17.2. The Kier molecular flexibility index (Phi) is 5.48. The number of carbonyl (C=O) groups is 1. The molecule has 0 aliphatic rings. The number of carbonyl (C=O) groups excluding carboxylic acids is 1. The van der Waals surface area contributed by atoms with Crippen molar-refractivity contribution in [2.24, 2.45) is 0 Å². The summed E-state index contributed by atoms with van der Waals surface area (Å²) in [6, 6.07) is 17.5. The fourth-order valence-electron chi connectivity index (χ4n) is 2.43. The molecular weight excluding hydrogens is 338 g/mol. The quantitative estimate of drug-likeness (QED) is 0.686. The van der Waals surface area contributed by atoms with Gasteiger partial charge in [0.15, 0.2) is 0 Å². The van der Waals surface area contributed by atoms with Crippen LogP contribution in [0.5, 0.6) is 0 Å². The van der Waals surface area contributed by atoms with Crippen molar-refractivity contribution in [1.29, 1.82) is 0 Å². The van der Waals surface area contributed by atoms with Crippen LogP contribution in [-0.2, 0) is 6.54 Å². The second-order valence-electron chi connectivity index (χ2n) is 5.66. The average Bonchev–Trinajstić information content (AvgIpc) is 3.17. The van der Waals surface area contributed by atoms with Gasteiger partial charge in [-0.05, 0) is 30.2 Å². The van der Waals surface area contributed by atoms with E-state index >= 15 is 0 Å². The smallest absolute Gasteiger partial charge is 0.294 e. The zero-order valence-electron chi connectivity index (χ0n) is 13.7. The average molecular weight is 356 g/mol. The number of nitrogens with zero attached hydrogens (tertiary/aromatic N) is 1. The van der Waals surface area contributed by atoms with Crippen LogP contribution in [0.15, 0.2) is 65.3 Å². The number of benzene rings is 2. The number of nitrogens with one attached hydrogen (secondary N) is 2. The van der Waals surface area contributed by atoms with Gasteiger partial charge in [0.2, 0.25) is 5.76 Å². The van der Waals surface area contributed by atoms with Gasteiger partial charge in [-0.15, -0.1) is 0 Å². The van der Waals surface area contributed by atoms with Gasteiger partial charge in [-0.25, -0.2) is 0 Å². The molecule has 1 aromatic heterocycles. The highest BCUT2D eigenvalue weighted by Crippen LogP contribution is 2.24. The Morgan fingerprint density at radius 1 is 1.20 bits per heavy atom. The van der Waals surface area contributed by atoms with Crippen LogP contribution >= 0.6 is 11.6 Å². The van der Waals surface area contributed by atoms with Crippen molar-refractivity contribution >= 4 is 23.2 Å². The second-order valence-corrected chi connectivity index (χ2v) is 6.07. The summed E-state index contributed by atoms with van der Waals surface area (Å²) < 4.78 is 4.85. The van der Waals surface area contributed by atoms with Crippen LogP contribution in [0, 0.1) is 0 Å². The first-order valence-corrected chi connectivity index (χ1v) is 8.30. The fraction of sp³-hybridized carbons (Fsp3) is 0.158. The molecule has 0 saturated carbocycles. The van der Waals surface area contributed by atoms with Crippen molar-refractivity contribution in [2.45, 2.75) is 19.5 Å². The number of aromatic nitrogens is 1. The molecule has 0 radical (unpaired) electrons. The number of amides is 1. The van der Waals surface area contributed by atoms with Crippen LogP contribution in [-0.4, -0.2) is 11.1 Å². The second kappa shape index (κ2) is 7.96. The minimum absolute atomic E-state index is 0.136. The monoisotopic (exact) mass is 355 g/mol. The van der Waals surface area contributed by atoms with Crippen molar-refractivity contribution in [3.05, 3.63) is 82.7 Å². The van der Waals surface area contributed by atoms with Gasteiger partial charge in [-0.3, -0.25) is 4.79 Å². The SMILES string of the molecule is CC(NCc1ccc(Cl)c(NC(=O)c2ccno2)c1)c1ccccc1. The van der Waals surface area contributed by atoms with Crippen LogP contribution in [0.1, 0.15) is 34.6 Å². The summed E-state index contributed by atoms with van der Waals surface area (Å²) >= 11 is 6.18. The highest BCUT2D eigenvalue weighted by molar-refractivity contribution is 6.33. The van der Waals surface area contributed by atoms with E-state index in [1.54, 1.807) is 6.07 Å². The summed E-state index contributed by atoms with van der Waals surface area (Å²) in [5, 5.41) is 10.2. The van der Waals surface area contributed by atoms with Crippen molar-refractivity contribution < 1.29 is 9.32 Å². The lowest BCUT2D eigenvalue weighted by atomic mass is 10.1. The zero-order valence-corrected chi connectivity index (χ0v) is 14.5. The maximum Gasteiger partial charge on any atom is 0.294 e. The molecule has 128 valence electrons. The minimum atomic E-state index is -0.387. The van der Waals surface area contributed by atoms with Crippen LogP contribution in [0.2, 0.25) is 5.02 Å². The summed E-state index contributed by atoms with van der Waals surface area (Å²) in [5.74, 6) is -0.251. The standard InChI is InChI=1S/C19H18ClN3O2/c1-13(15-5-3-2-4-6-15)21-12-14-7-8-16(20)17(11-14)23-19(24)18-9-10-22-25-18/h2-11,13,21H,12H2,1H3,(H,23,24). The Hall–Kier alpha value is -2.63. The molecule has 0 fully saturated rings. The maximum absolute atomic E-state index is 12.1. The van der Waals surface area contributed by atoms with Crippen LogP contribution < -0.4 is 10.6 Å². The van der Waals surface area contributed by atoms with Gasteiger partial charge >= 0.3 is 0 Å². The Morgan fingerprint density at radius 3 is 2.72 bits per heavy atom. The molecule has 5 nitrogen and oxygen atoms in total. The molecule has 6 heteroatoms. The summed E-state index contributed by atoms with van der Waals surface area (Å²) in [6.45, 7) is 2.76. The molecule has 0 saturated heterocycles. The van der Waals surface area contributed by atoms with Crippen molar-refractivity contribution in [1.82, 2.24) is 10.5 Å². The van der Waals surface area contributed by atoms with Crippen LogP contribution in [0.25, 0.3) is 0 Å². The van der Waals surface area contributed by atoms with Gasteiger partial charge in [0.1, 0.15) is 0 Å². The highest BCUT2D eigenvalue weighted by Gasteiger charge is 2.12. The molecule has 1 atom stereocenters. The number of hydrogen-bond donors (Lipinski definition) is 2. The van der Waals surface area contributed by atoms with E-state index in [0.29, 0.717) is 17.3 Å². The Bertz CT molecular complexity index is 835. The zero-order chi connectivity index (χ0) is 17.6. The lowest BCUT2D eigenvalue weighted by Crippen LogP contribution is -2.18. The van der Waals surface area contributed by atoms with Crippen LogP contribution in [0.3, 0.4) is 0 Å². The topological polar surface area (TPSA) is 67.2 Å². The maximum atomic E-state index is 12.1. The molecule has 0 aliphatic carbocycles. The summed E-state index contributed by atoms with van der Waals surface area (Å²) in [4.78, 5) is 12.1. The van der Waals surface area contributed by atoms with Gasteiger partial charge < -0.3 is 15.2 Å². The molecule has 3 rings (SSSR count). The lowest BCUT2D eigenvalue weighted by Gasteiger charge is -2.15. The normalized spacial score (nSPS) is 11.9. The van der Waals surface area contributed by atoms with E-state index in [9.17, 15) is 4.79 Å². The van der Waals surface area contributed by atoms with Crippen molar-refractivity contribution in [3.63, 3.8) is 0 Å². The fourth-order valence-corrected chi connectivity index (χ4v) is 2.59. The third-order valence-electron chi connectivity index (χ3n) is 3.85. The van der Waals surface area contributed by atoms with E-state index in [4.69, 9.17) is 16.1 Å². The number of halogens is 1. The Labute approximate surface area is 151 Å². The third kappa shape index (κ3) is 4.47. The molecule has 1 unspecified atom stereocenters. The van der Waals surface area contributed by atoms with Crippen LogP contribution in [0.4, 0.5) is 5.69 Å². The number of anilines is 1. The van der Waals surface area contributed by atoms with E-state index in [2.05, 4.69) is 34.8 Å². The van der Waals surface area contributed by atoms with E-state index in [1.165, 1.54) is 17.8 Å². The van der Waals surface area contributed by atoms with Gasteiger partial charge in [0, 0.05) is 18.7 Å². The minimum Gasteiger partial charge on any atom is -0.351 e. The molecule has 1 heterocycles. The molecule has 0 bridgehead atoms. The number of hydrogen-bond acceptors (Lipinski definition) is 4. The Morgan fingerprint density at radius 2 is 2.00 bits per heavy atom. The van der Waals surface area contributed by atoms with Crippen molar-refractivity contribution in [2.75, 3.05) is 5.32 Å². The predicted molar refractivity (Wildman–Crippen MR) is 97.6 cm³/mol. The lowest BCUT2D eigenvalue weighted by molar-refractivity contribution is 0.0988. The third-order valence-corrected chi connectivity index (χ3v) is 4.18. The van der Waals surface area contributed by atoms with E-state index in [-0.39, 0.29) is 17.7 Å². The molecule has 0 aliphatic heterocycles. The highest BCUT2D eigenvalue weighted by atomic mass is 35.5. The molecule has 2 aromatic carbocycles. The Balaban J connectivity index is 1.66. The summed E-state index contributed by atoms with van der Waals surface area (Å²) in [7, 11) is 0. The van der Waals surface area contributed by atoms with Crippen molar-refractivity contribution in [3.8, 4) is 0 Å². The largest absolute Gasteiger partial charge is 0.351 e. The summed E-state index contributed by atoms with van der Waals surface area (Å²) in [5.41, 5.74) is 2.77. The van der Waals surface area contributed by atoms with Gasteiger partial charge in [0.05, 0.1) is 16.9 Å². The molecule has 0 spiro atoms. The van der Waals surface area contributed by atoms with Gasteiger partial charge in [-0.1, -0.05) is 53.2 Å². The molecule has 1 amide bonds. The first-order valence-electron chi connectivity index (χ1n) is 7.92. The molecule has 2 N–H and O–H groups in total. The molecule has 3 aromatic rings. The van der Waals surface area contributed by atoms with E-state index < -0.39 is 0 Å². The van der Waals surface area contributed by atoms with E-state index in [0.717, 1.165) is 5.56 Å². The molecular formula is C19H18ClN3O2.